The van der Waals surface area contributed by atoms with E-state index in [9.17, 15) is 9.59 Å². The van der Waals surface area contributed by atoms with Gasteiger partial charge in [-0.2, -0.15) is 0 Å². The summed E-state index contributed by atoms with van der Waals surface area (Å²) >= 11 is 0. The van der Waals surface area contributed by atoms with E-state index in [0.29, 0.717) is 0 Å². The normalized spacial score (nSPS) is 24.7. The second-order valence-corrected chi connectivity index (χ2v) is 4.85. The minimum atomic E-state index is 0.0183. The van der Waals surface area contributed by atoms with E-state index in [1.807, 2.05) is 4.90 Å². The molecule has 0 radical (unpaired) electrons. The van der Waals surface area contributed by atoms with Crippen LogP contribution in [0.5, 0.6) is 0 Å². The number of carbonyl (C=O) groups is 2. The molecular weight excluding hydrogens is 218 g/mol. The van der Waals surface area contributed by atoms with Gasteiger partial charge in [0.15, 0.2) is 0 Å². The molecule has 2 aliphatic heterocycles. The Hall–Kier alpha value is -1.10. The molecule has 2 heterocycles. The highest BCUT2D eigenvalue weighted by Gasteiger charge is 2.23. The van der Waals surface area contributed by atoms with Gasteiger partial charge < -0.3 is 15.5 Å². The maximum atomic E-state index is 11.8. The van der Waals surface area contributed by atoms with Crippen LogP contribution in [0.2, 0.25) is 0 Å². The molecule has 0 aliphatic carbocycles. The summed E-state index contributed by atoms with van der Waals surface area (Å²) in [6.07, 6.45) is 4.15. The molecular formula is C12H21N3O2. The van der Waals surface area contributed by atoms with Gasteiger partial charge in [0.05, 0.1) is 12.5 Å². The Bertz CT molecular complexity index is 281. The van der Waals surface area contributed by atoms with Gasteiger partial charge in [-0.1, -0.05) is 0 Å². The second-order valence-electron chi connectivity index (χ2n) is 4.85. The second kappa shape index (κ2) is 6.00. The summed E-state index contributed by atoms with van der Waals surface area (Å²) < 4.78 is 0. The first-order valence-electron chi connectivity index (χ1n) is 6.53. The lowest BCUT2D eigenvalue weighted by Crippen LogP contribution is -2.44. The van der Waals surface area contributed by atoms with Gasteiger partial charge in [-0.25, -0.2) is 0 Å². The van der Waals surface area contributed by atoms with Crippen molar-refractivity contribution in [2.24, 2.45) is 5.92 Å². The molecule has 5 heteroatoms. The van der Waals surface area contributed by atoms with Gasteiger partial charge in [0.25, 0.3) is 0 Å². The molecule has 0 aromatic rings. The van der Waals surface area contributed by atoms with Crippen molar-refractivity contribution < 1.29 is 9.59 Å². The molecule has 96 valence electrons. The maximum absolute atomic E-state index is 11.8. The summed E-state index contributed by atoms with van der Waals surface area (Å²) in [5.41, 5.74) is 0. The van der Waals surface area contributed by atoms with Crippen LogP contribution < -0.4 is 10.6 Å². The van der Waals surface area contributed by atoms with Crippen molar-refractivity contribution in [1.82, 2.24) is 15.5 Å². The van der Waals surface area contributed by atoms with Gasteiger partial charge in [0.2, 0.25) is 11.8 Å². The van der Waals surface area contributed by atoms with Crippen LogP contribution in [0.3, 0.4) is 0 Å². The first-order chi connectivity index (χ1) is 8.27. The van der Waals surface area contributed by atoms with Gasteiger partial charge >= 0.3 is 0 Å². The third-order valence-corrected chi connectivity index (χ3v) is 3.54. The van der Waals surface area contributed by atoms with Crippen LogP contribution >= 0.6 is 0 Å². The van der Waals surface area contributed by atoms with Crippen molar-refractivity contribution in [2.45, 2.75) is 25.7 Å². The van der Waals surface area contributed by atoms with Crippen molar-refractivity contribution >= 4 is 11.8 Å². The molecule has 17 heavy (non-hydrogen) atoms. The van der Waals surface area contributed by atoms with Crippen molar-refractivity contribution in [3.8, 4) is 0 Å². The minimum Gasteiger partial charge on any atom is -0.347 e. The molecule has 2 rings (SSSR count). The van der Waals surface area contributed by atoms with Gasteiger partial charge in [-0.3, -0.25) is 9.59 Å². The predicted octanol–water partition coefficient (Wildman–Crippen LogP) is -0.275. The van der Waals surface area contributed by atoms with Gasteiger partial charge in [-0.15, -0.1) is 0 Å². The Morgan fingerprint density at radius 1 is 1.24 bits per heavy atom. The average molecular weight is 239 g/mol. The Kier molecular flexibility index (Phi) is 4.36. The lowest BCUT2D eigenvalue weighted by atomic mass is 9.99. The fraction of sp³-hybridized carbons (Fsp3) is 0.833. The zero-order valence-electron chi connectivity index (χ0n) is 10.2. The third kappa shape index (κ3) is 3.43. The largest absolute Gasteiger partial charge is 0.347 e. The predicted molar refractivity (Wildman–Crippen MR) is 64.4 cm³/mol. The van der Waals surface area contributed by atoms with E-state index in [2.05, 4.69) is 10.6 Å². The van der Waals surface area contributed by atoms with Gasteiger partial charge in [0, 0.05) is 19.6 Å². The van der Waals surface area contributed by atoms with Gasteiger partial charge in [0.1, 0.15) is 0 Å². The number of likely N-dealkylation sites (tertiary alicyclic amines) is 1. The summed E-state index contributed by atoms with van der Waals surface area (Å²) in [6, 6.07) is 0. The van der Waals surface area contributed by atoms with Crippen molar-refractivity contribution in [1.29, 1.82) is 0 Å². The summed E-state index contributed by atoms with van der Waals surface area (Å²) in [7, 11) is 0. The molecule has 1 unspecified atom stereocenters. The number of rotatable bonds is 3. The average Bonchev–Trinajstić information content (AvgIpc) is 2.90. The van der Waals surface area contributed by atoms with Crippen molar-refractivity contribution in [3.05, 3.63) is 0 Å². The van der Waals surface area contributed by atoms with Gasteiger partial charge in [-0.05, 0) is 32.2 Å². The zero-order chi connectivity index (χ0) is 12.1. The number of nitrogens with zero attached hydrogens (tertiary/aromatic N) is 1. The van der Waals surface area contributed by atoms with Crippen LogP contribution in [0.25, 0.3) is 0 Å². The number of hydrogen-bond donors (Lipinski definition) is 2. The topological polar surface area (TPSA) is 61.4 Å². The zero-order valence-corrected chi connectivity index (χ0v) is 10.2. The lowest BCUT2D eigenvalue weighted by Gasteiger charge is -2.22. The first kappa shape index (κ1) is 12.4. The van der Waals surface area contributed by atoms with Crippen LogP contribution in [-0.4, -0.2) is 49.4 Å². The number of carbonyl (C=O) groups excluding carboxylic acids is 2. The fourth-order valence-electron chi connectivity index (χ4n) is 2.46. The van der Waals surface area contributed by atoms with Crippen LogP contribution in [0, 0.1) is 5.92 Å². The molecule has 1 atom stereocenters. The third-order valence-electron chi connectivity index (χ3n) is 3.54. The molecule has 2 saturated heterocycles. The molecule has 0 bridgehead atoms. The lowest BCUT2D eigenvalue weighted by molar-refractivity contribution is -0.133. The highest BCUT2D eigenvalue weighted by molar-refractivity contribution is 5.86. The molecule has 0 saturated carbocycles. The fourth-order valence-corrected chi connectivity index (χ4v) is 2.46. The summed E-state index contributed by atoms with van der Waals surface area (Å²) in [5, 5.41) is 5.96. The summed E-state index contributed by atoms with van der Waals surface area (Å²) in [4.78, 5) is 25.4. The Labute approximate surface area is 102 Å². The van der Waals surface area contributed by atoms with Crippen LogP contribution in [0.4, 0.5) is 0 Å². The van der Waals surface area contributed by atoms with E-state index in [-0.39, 0.29) is 24.3 Å². The first-order valence-corrected chi connectivity index (χ1v) is 6.53. The number of nitrogens with one attached hydrogen (secondary N) is 2. The quantitative estimate of drug-likeness (QED) is 0.712. The highest BCUT2D eigenvalue weighted by atomic mass is 16.2. The van der Waals surface area contributed by atoms with Crippen LogP contribution in [0.1, 0.15) is 25.7 Å². The molecule has 0 aromatic carbocycles. The monoisotopic (exact) mass is 239 g/mol. The number of amides is 2. The van der Waals surface area contributed by atoms with E-state index < -0.39 is 0 Å². The maximum Gasteiger partial charge on any atom is 0.241 e. The highest BCUT2D eigenvalue weighted by Crippen LogP contribution is 2.10. The van der Waals surface area contributed by atoms with Crippen molar-refractivity contribution in [2.75, 3.05) is 32.7 Å². The number of hydrogen-bond acceptors (Lipinski definition) is 3. The Morgan fingerprint density at radius 3 is 2.65 bits per heavy atom. The van der Waals surface area contributed by atoms with E-state index in [4.69, 9.17) is 0 Å². The molecule has 0 spiro atoms. The van der Waals surface area contributed by atoms with E-state index in [0.717, 1.165) is 51.9 Å². The minimum absolute atomic E-state index is 0.0183. The summed E-state index contributed by atoms with van der Waals surface area (Å²) in [6.45, 7) is 3.59. The Balaban J connectivity index is 1.69. The molecule has 2 N–H and O–H groups in total. The van der Waals surface area contributed by atoms with E-state index in [1.165, 1.54) is 0 Å². The smallest absolute Gasteiger partial charge is 0.241 e. The number of piperidine rings is 1. The summed E-state index contributed by atoms with van der Waals surface area (Å²) in [5.74, 6) is 0.111. The SMILES string of the molecule is O=C(NCC(=O)N1CCCC1)C1CCCNC1. The van der Waals surface area contributed by atoms with E-state index in [1.54, 1.807) is 0 Å². The van der Waals surface area contributed by atoms with E-state index >= 15 is 0 Å². The molecule has 0 aromatic heterocycles. The van der Waals surface area contributed by atoms with Crippen molar-refractivity contribution in [3.63, 3.8) is 0 Å². The Morgan fingerprint density at radius 2 is 2.00 bits per heavy atom. The molecule has 2 fully saturated rings. The molecule has 5 nitrogen and oxygen atoms in total. The molecule has 2 aliphatic rings. The van der Waals surface area contributed by atoms with Crippen LogP contribution in [0.15, 0.2) is 0 Å². The van der Waals surface area contributed by atoms with Crippen LogP contribution in [-0.2, 0) is 9.59 Å². The molecule has 2 amide bonds. The standard InChI is InChI=1S/C12H21N3O2/c16-11(15-6-1-2-7-15)9-14-12(17)10-4-3-5-13-8-10/h10,13H,1-9H2,(H,14,17).